The second kappa shape index (κ2) is 5.58. The van der Waals surface area contributed by atoms with E-state index < -0.39 is 0 Å². The van der Waals surface area contributed by atoms with Gasteiger partial charge in [-0.3, -0.25) is 0 Å². The lowest BCUT2D eigenvalue weighted by molar-refractivity contribution is 0.0210. The maximum atomic E-state index is 12.0. The molecule has 3 heteroatoms. The Morgan fingerprint density at radius 1 is 1.29 bits per heavy atom. The molecule has 1 fully saturated rings. The SMILES string of the molecule is Cc1ccc(S)cc1C(=O)OC1CCCCC1. The zero-order valence-corrected chi connectivity index (χ0v) is 11.0. The Morgan fingerprint density at radius 2 is 2.00 bits per heavy atom. The highest BCUT2D eigenvalue weighted by molar-refractivity contribution is 7.80. The summed E-state index contributed by atoms with van der Waals surface area (Å²) in [4.78, 5) is 12.8. The lowest BCUT2D eigenvalue weighted by Crippen LogP contribution is -2.21. The van der Waals surface area contributed by atoms with Gasteiger partial charge in [0.15, 0.2) is 0 Å². The van der Waals surface area contributed by atoms with Gasteiger partial charge >= 0.3 is 5.97 Å². The minimum atomic E-state index is -0.203. The van der Waals surface area contributed by atoms with Crippen LogP contribution in [0.1, 0.15) is 48.0 Å². The van der Waals surface area contributed by atoms with E-state index in [9.17, 15) is 4.79 Å². The Kier molecular flexibility index (Phi) is 4.11. The van der Waals surface area contributed by atoms with Crippen LogP contribution in [0.5, 0.6) is 0 Å². The van der Waals surface area contributed by atoms with Crippen LogP contribution in [0, 0.1) is 6.92 Å². The summed E-state index contributed by atoms with van der Waals surface area (Å²) in [5, 5.41) is 0. The number of esters is 1. The number of carbonyl (C=O) groups is 1. The topological polar surface area (TPSA) is 26.3 Å². The normalized spacial score (nSPS) is 16.8. The van der Waals surface area contributed by atoms with E-state index in [4.69, 9.17) is 4.74 Å². The molecule has 0 aliphatic heterocycles. The molecule has 17 heavy (non-hydrogen) atoms. The molecule has 0 spiro atoms. The van der Waals surface area contributed by atoms with Gasteiger partial charge in [0.25, 0.3) is 0 Å². The molecule has 0 amide bonds. The third kappa shape index (κ3) is 3.25. The summed E-state index contributed by atoms with van der Waals surface area (Å²) >= 11 is 4.25. The van der Waals surface area contributed by atoms with Crippen molar-refractivity contribution in [1.82, 2.24) is 0 Å². The minimum Gasteiger partial charge on any atom is -0.459 e. The molecule has 1 aliphatic carbocycles. The highest BCUT2D eigenvalue weighted by Gasteiger charge is 2.19. The fourth-order valence-corrected chi connectivity index (χ4v) is 2.43. The first kappa shape index (κ1) is 12.5. The van der Waals surface area contributed by atoms with Gasteiger partial charge in [-0.1, -0.05) is 12.5 Å². The first-order valence-electron chi connectivity index (χ1n) is 6.17. The largest absolute Gasteiger partial charge is 0.459 e. The first-order valence-corrected chi connectivity index (χ1v) is 6.62. The fourth-order valence-electron chi connectivity index (χ4n) is 2.23. The van der Waals surface area contributed by atoms with Crippen molar-refractivity contribution in [3.63, 3.8) is 0 Å². The maximum Gasteiger partial charge on any atom is 0.338 e. The molecule has 1 aromatic rings. The van der Waals surface area contributed by atoms with Crippen LogP contribution in [0.2, 0.25) is 0 Å². The molecule has 0 heterocycles. The van der Waals surface area contributed by atoms with Gasteiger partial charge in [0.2, 0.25) is 0 Å². The average Bonchev–Trinajstić information content (AvgIpc) is 2.33. The zero-order chi connectivity index (χ0) is 12.3. The quantitative estimate of drug-likeness (QED) is 0.638. The average molecular weight is 250 g/mol. The molecule has 0 atom stereocenters. The van der Waals surface area contributed by atoms with Crippen molar-refractivity contribution < 1.29 is 9.53 Å². The van der Waals surface area contributed by atoms with Crippen molar-refractivity contribution >= 4 is 18.6 Å². The molecule has 0 saturated heterocycles. The van der Waals surface area contributed by atoms with E-state index in [0.717, 1.165) is 23.3 Å². The summed E-state index contributed by atoms with van der Waals surface area (Å²) in [5.41, 5.74) is 1.59. The third-order valence-corrected chi connectivity index (χ3v) is 3.55. The number of carbonyl (C=O) groups excluding carboxylic acids is 1. The van der Waals surface area contributed by atoms with Crippen molar-refractivity contribution in [2.24, 2.45) is 0 Å². The number of benzene rings is 1. The molecule has 1 aromatic carbocycles. The lowest BCUT2D eigenvalue weighted by atomic mass is 9.97. The highest BCUT2D eigenvalue weighted by atomic mass is 32.1. The van der Waals surface area contributed by atoms with Crippen molar-refractivity contribution in [2.75, 3.05) is 0 Å². The third-order valence-electron chi connectivity index (χ3n) is 3.27. The van der Waals surface area contributed by atoms with Crippen molar-refractivity contribution in [2.45, 2.75) is 50.0 Å². The van der Waals surface area contributed by atoms with E-state index >= 15 is 0 Å². The molecule has 2 nitrogen and oxygen atoms in total. The number of hydrogen-bond acceptors (Lipinski definition) is 3. The molecule has 0 aromatic heterocycles. The first-order chi connectivity index (χ1) is 8.16. The van der Waals surface area contributed by atoms with E-state index in [-0.39, 0.29) is 12.1 Å². The van der Waals surface area contributed by atoms with Gasteiger partial charge in [-0.15, -0.1) is 12.6 Å². The van der Waals surface area contributed by atoms with Crippen LogP contribution in [0.4, 0.5) is 0 Å². The van der Waals surface area contributed by atoms with E-state index in [1.54, 1.807) is 6.07 Å². The van der Waals surface area contributed by atoms with E-state index in [0.29, 0.717) is 5.56 Å². The maximum absolute atomic E-state index is 12.0. The van der Waals surface area contributed by atoms with Gasteiger partial charge in [-0.05, 0) is 50.3 Å². The van der Waals surface area contributed by atoms with Crippen molar-refractivity contribution in [3.8, 4) is 0 Å². The van der Waals surface area contributed by atoms with Crippen molar-refractivity contribution in [3.05, 3.63) is 29.3 Å². The number of aryl methyl sites for hydroxylation is 1. The van der Waals surface area contributed by atoms with Crippen LogP contribution in [0.3, 0.4) is 0 Å². The van der Waals surface area contributed by atoms with E-state index in [1.165, 1.54) is 19.3 Å². The minimum absolute atomic E-state index is 0.110. The fraction of sp³-hybridized carbons (Fsp3) is 0.500. The molecule has 92 valence electrons. The molecule has 0 bridgehead atoms. The van der Waals surface area contributed by atoms with Crippen LogP contribution in [0.15, 0.2) is 23.1 Å². The Bertz CT molecular complexity index is 409. The van der Waals surface area contributed by atoms with Gasteiger partial charge in [0, 0.05) is 4.90 Å². The Morgan fingerprint density at radius 3 is 2.71 bits per heavy atom. The number of rotatable bonds is 2. The molecule has 2 rings (SSSR count). The number of thiol groups is 1. The van der Waals surface area contributed by atoms with Gasteiger partial charge in [0.05, 0.1) is 5.56 Å². The predicted molar refractivity (Wildman–Crippen MR) is 70.7 cm³/mol. The Hall–Kier alpha value is -0.960. The molecular weight excluding hydrogens is 232 g/mol. The van der Waals surface area contributed by atoms with Crippen LogP contribution >= 0.6 is 12.6 Å². The Balaban J connectivity index is 2.05. The van der Waals surface area contributed by atoms with Gasteiger partial charge in [-0.2, -0.15) is 0 Å². The summed E-state index contributed by atoms with van der Waals surface area (Å²) in [7, 11) is 0. The van der Waals surface area contributed by atoms with Gasteiger partial charge in [-0.25, -0.2) is 4.79 Å². The van der Waals surface area contributed by atoms with E-state index in [1.807, 2.05) is 19.1 Å². The summed E-state index contributed by atoms with van der Waals surface area (Å²) in [5.74, 6) is -0.203. The molecule has 1 saturated carbocycles. The van der Waals surface area contributed by atoms with Gasteiger partial charge < -0.3 is 4.74 Å². The van der Waals surface area contributed by atoms with Crippen LogP contribution in [0.25, 0.3) is 0 Å². The molecule has 0 N–H and O–H groups in total. The Labute approximate surface area is 108 Å². The van der Waals surface area contributed by atoms with Crippen LogP contribution < -0.4 is 0 Å². The summed E-state index contributed by atoms with van der Waals surface area (Å²) in [6, 6.07) is 5.57. The summed E-state index contributed by atoms with van der Waals surface area (Å²) < 4.78 is 5.54. The smallest absolute Gasteiger partial charge is 0.338 e. The standard InChI is InChI=1S/C14H18O2S/c1-10-7-8-12(17)9-13(10)14(15)16-11-5-3-2-4-6-11/h7-9,11,17H,2-6H2,1H3. The monoisotopic (exact) mass is 250 g/mol. The van der Waals surface area contributed by atoms with Gasteiger partial charge in [0.1, 0.15) is 6.10 Å². The number of ether oxygens (including phenoxy) is 1. The number of hydrogen-bond donors (Lipinski definition) is 1. The van der Waals surface area contributed by atoms with Crippen molar-refractivity contribution in [1.29, 1.82) is 0 Å². The van der Waals surface area contributed by atoms with E-state index in [2.05, 4.69) is 12.6 Å². The zero-order valence-electron chi connectivity index (χ0n) is 10.1. The lowest BCUT2D eigenvalue weighted by Gasteiger charge is -2.22. The summed E-state index contributed by atoms with van der Waals surface area (Å²) in [6.45, 7) is 1.92. The molecule has 1 aliphatic rings. The predicted octanol–water partition coefficient (Wildman–Crippen LogP) is 3.77. The molecular formula is C14H18O2S. The summed E-state index contributed by atoms with van der Waals surface area (Å²) in [6.07, 6.45) is 5.72. The molecule has 0 radical (unpaired) electrons. The van der Waals surface area contributed by atoms with Crippen LogP contribution in [-0.2, 0) is 4.74 Å². The second-order valence-corrected chi connectivity index (χ2v) is 5.18. The van der Waals surface area contributed by atoms with Crippen LogP contribution in [-0.4, -0.2) is 12.1 Å². The second-order valence-electron chi connectivity index (χ2n) is 4.66. The molecule has 0 unspecified atom stereocenters. The highest BCUT2D eigenvalue weighted by Crippen LogP contribution is 2.22.